The van der Waals surface area contributed by atoms with E-state index in [-0.39, 0.29) is 0 Å². The van der Waals surface area contributed by atoms with E-state index in [0.717, 1.165) is 4.47 Å². The summed E-state index contributed by atoms with van der Waals surface area (Å²) in [6.45, 7) is 0.691. The zero-order valence-corrected chi connectivity index (χ0v) is 9.61. The molecule has 13 heavy (non-hydrogen) atoms. The third-order valence-electron chi connectivity index (χ3n) is 1.92. The van der Waals surface area contributed by atoms with Crippen molar-refractivity contribution in [3.8, 4) is 0 Å². The zero-order chi connectivity index (χ0) is 9.26. The minimum atomic E-state index is 0.691. The minimum Gasteiger partial charge on any atom is -0.380 e. The number of hydrogen-bond donors (Lipinski definition) is 0. The van der Waals surface area contributed by atoms with Crippen LogP contribution < -0.4 is 0 Å². The highest BCUT2D eigenvalue weighted by Gasteiger charge is 2.03. The molecule has 3 heteroatoms. The smallest absolute Gasteiger partial charge is 0.0727 e. The molecule has 0 saturated carbocycles. The molecular weight excluding hydrogens is 248 g/mol. The molecule has 0 fully saturated rings. The molecule has 1 aromatic heterocycles. The summed E-state index contributed by atoms with van der Waals surface area (Å²) < 4.78 is 7.56. The topological polar surface area (TPSA) is 9.23 Å². The predicted molar refractivity (Wildman–Crippen MR) is 60.2 cm³/mol. The highest BCUT2D eigenvalue weighted by Crippen LogP contribution is 2.28. The number of fused-ring (bicyclic) bond motifs is 1. The number of halogens is 1. The first-order valence-corrected chi connectivity index (χ1v) is 5.63. The van der Waals surface area contributed by atoms with Crippen LogP contribution in [0.25, 0.3) is 10.1 Å². The van der Waals surface area contributed by atoms with Gasteiger partial charge in [-0.1, -0.05) is 15.9 Å². The van der Waals surface area contributed by atoms with E-state index in [2.05, 4.69) is 39.5 Å². The van der Waals surface area contributed by atoms with Gasteiger partial charge in [-0.25, -0.2) is 0 Å². The Kier molecular flexibility index (Phi) is 2.67. The Morgan fingerprint density at radius 3 is 3.08 bits per heavy atom. The van der Waals surface area contributed by atoms with Gasteiger partial charge in [-0.3, -0.25) is 0 Å². The number of benzene rings is 1. The van der Waals surface area contributed by atoms with Crippen LogP contribution in [0.3, 0.4) is 0 Å². The molecule has 2 rings (SSSR count). The van der Waals surface area contributed by atoms with Crippen LogP contribution in [0.15, 0.2) is 28.1 Å². The molecule has 68 valence electrons. The summed E-state index contributed by atoms with van der Waals surface area (Å²) in [6.07, 6.45) is 0. The van der Waals surface area contributed by atoms with E-state index in [1.807, 2.05) is 0 Å². The van der Waals surface area contributed by atoms with Crippen LogP contribution in [-0.4, -0.2) is 7.11 Å². The fraction of sp³-hybridized carbons (Fsp3) is 0.200. The normalized spacial score (nSPS) is 10.9. The molecule has 0 N–H and O–H groups in total. The van der Waals surface area contributed by atoms with Crippen molar-refractivity contribution in [2.45, 2.75) is 6.61 Å². The summed E-state index contributed by atoms with van der Waals surface area (Å²) in [4.78, 5) is 0. The number of hydrogen-bond acceptors (Lipinski definition) is 2. The lowest BCUT2D eigenvalue weighted by Crippen LogP contribution is -1.83. The molecule has 1 aromatic carbocycles. The predicted octanol–water partition coefficient (Wildman–Crippen LogP) is 3.81. The number of rotatable bonds is 2. The van der Waals surface area contributed by atoms with Gasteiger partial charge in [-0.2, -0.15) is 0 Å². The number of ether oxygens (including phenoxy) is 1. The van der Waals surface area contributed by atoms with Crippen LogP contribution in [0, 0.1) is 0 Å². The molecule has 0 aliphatic heterocycles. The molecule has 0 amide bonds. The van der Waals surface area contributed by atoms with E-state index in [1.165, 1.54) is 15.6 Å². The minimum absolute atomic E-state index is 0.691. The first-order chi connectivity index (χ1) is 6.31. The number of methoxy groups -OCH3 is 1. The average Bonchev–Trinajstić information content (AvgIpc) is 2.49. The quantitative estimate of drug-likeness (QED) is 0.794. The summed E-state index contributed by atoms with van der Waals surface area (Å²) >= 11 is 5.23. The van der Waals surface area contributed by atoms with E-state index >= 15 is 0 Å². The third-order valence-corrected chi connectivity index (χ3v) is 3.42. The fourth-order valence-corrected chi connectivity index (χ4v) is 2.61. The lowest BCUT2D eigenvalue weighted by molar-refractivity contribution is 0.186. The average molecular weight is 257 g/mol. The maximum atomic E-state index is 5.13. The largest absolute Gasteiger partial charge is 0.380 e. The van der Waals surface area contributed by atoms with E-state index in [0.29, 0.717) is 6.61 Å². The molecule has 0 bridgehead atoms. The molecule has 0 saturated heterocycles. The van der Waals surface area contributed by atoms with E-state index < -0.39 is 0 Å². The van der Waals surface area contributed by atoms with Crippen LogP contribution in [0.1, 0.15) is 5.56 Å². The third kappa shape index (κ3) is 1.77. The zero-order valence-electron chi connectivity index (χ0n) is 7.21. The van der Waals surface area contributed by atoms with Gasteiger partial charge in [0.2, 0.25) is 0 Å². The van der Waals surface area contributed by atoms with Gasteiger partial charge >= 0.3 is 0 Å². The second-order valence-corrected chi connectivity index (χ2v) is 4.66. The Hall–Kier alpha value is -0.380. The van der Waals surface area contributed by atoms with E-state index in [9.17, 15) is 0 Å². The Bertz CT molecular complexity index is 422. The lowest BCUT2D eigenvalue weighted by Gasteiger charge is -1.97. The van der Waals surface area contributed by atoms with Gasteiger partial charge in [0.1, 0.15) is 0 Å². The second kappa shape index (κ2) is 3.78. The Balaban J connectivity index is 2.58. The highest BCUT2D eigenvalue weighted by molar-refractivity contribution is 9.10. The maximum absolute atomic E-state index is 5.13. The van der Waals surface area contributed by atoms with Crippen LogP contribution in [-0.2, 0) is 11.3 Å². The monoisotopic (exact) mass is 256 g/mol. The number of thiophene rings is 1. The second-order valence-electron chi connectivity index (χ2n) is 2.83. The summed E-state index contributed by atoms with van der Waals surface area (Å²) in [5, 5.41) is 3.45. The Morgan fingerprint density at radius 1 is 1.46 bits per heavy atom. The van der Waals surface area contributed by atoms with Crippen molar-refractivity contribution in [2.24, 2.45) is 0 Å². The molecule has 0 spiro atoms. The summed E-state index contributed by atoms with van der Waals surface area (Å²) in [6, 6.07) is 6.33. The van der Waals surface area contributed by atoms with Gasteiger partial charge in [-0.15, -0.1) is 11.3 Å². The first kappa shape index (κ1) is 9.19. The molecule has 0 radical (unpaired) electrons. The van der Waals surface area contributed by atoms with Crippen LogP contribution in [0.4, 0.5) is 0 Å². The lowest BCUT2D eigenvalue weighted by atomic mass is 10.2. The standard InChI is InChI=1S/C10H9BrOS/c1-12-5-7-6-13-10-3-2-8(11)4-9(7)10/h2-4,6H,5H2,1H3. The van der Waals surface area contributed by atoms with Crippen LogP contribution >= 0.6 is 27.3 Å². The molecule has 0 aliphatic carbocycles. The summed E-state index contributed by atoms with van der Waals surface area (Å²) in [7, 11) is 1.72. The Morgan fingerprint density at radius 2 is 2.31 bits per heavy atom. The van der Waals surface area contributed by atoms with Crippen molar-refractivity contribution in [2.75, 3.05) is 7.11 Å². The fourth-order valence-electron chi connectivity index (χ4n) is 1.32. The summed E-state index contributed by atoms with van der Waals surface area (Å²) in [5.74, 6) is 0. The van der Waals surface area contributed by atoms with Crippen molar-refractivity contribution in [1.82, 2.24) is 0 Å². The van der Waals surface area contributed by atoms with E-state index in [1.54, 1.807) is 18.4 Å². The molecular formula is C10H9BrOS. The van der Waals surface area contributed by atoms with E-state index in [4.69, 9.17) is 4.74 Å². The van der Waals surface area contributed by atoms with Crippen LogP contribution in [0.2, 0.25) is 0 Å². The van der Waals surface area contributed by atoms with Gasteiger partial charge < -0.3 is 4.74 Å². The van der Waals surface area contributed by atoms with Gasteiger partial charge in [0.05, 0.1) is 6.61 Å². The van der Waals surface area contributed by atoms with Gasteiger partial charge in [0.25, 0.3) is 0 Å². The van der Waals surface area contributed by atoms with Crippen molar-refractivity contribution in [3.63, 3.8) is 0 Å². The molecule has 0 unspecified atom stereocenters. The van der Waals surface area contributed by atoms with Gasteiger partial charge in [0.15, 0.2) is 0 Å². The van der Waals surface area contributed by atoms with Gasteiger partial charge in [-0.05, 0) is 34.5 Å². The first-order valence-electron chi connectivity index (χ1n) is 3.96. The SMILES string of the molecule is COCc1csc2ccc(Br)cc12. The van der Waals surface area contributed by atoms with Crippen molar-refractivity contribution in [1.29, 1.82) is 0 Å². The highest BCUT2D eigenvalue weighted by atomic mass is 79.9. The van der Waals surface area contributed by atoms with Gasteiger partial charge in [0, 0.05) is 16.3 Å². The van der Waals surface area contributed by atoms with Crippen molar-refractivity contribution < 1.29 is 4.74 Å². The molecule has 2 aromatic rings. The summed E-state index contributed by atoms with van der Waals surface area (Å²) in [5.41, 5.74) is 1.27. The maximum Gasteiger partial charge on any atom is 0.0727 e. The molecule has 1 nitrogen and oxygen atoms in total. The van der Waals surface area contributed by atoms with Crippen molar-refractivity contribution in [3.05, 3.63) is 33.6 Å². The van der Waals surface area contributed by atoms with Crippen LogP contribution in [0.5, 0.6) is 0 Å². The molecule has 1 heterocycles. The molecule has 0 atom stereocenters. The van der Waals surface area contributed by atoms with Crippen molar-refractivity contribution >= 4 is 37.4 Å². The Labute approximate surface area is 89.5 Å². The molecule has 0 aliphatic rings.